The molecule has 0 aromatic heterocycles. The molecule has 3 unspecified atom stereocenters. The van der Waals surface area contributed by atoms with Gasteiger partial charge in [0.1, 0.15) is 0 Å². The van der Waals surface area contributed by atoms with E-state index in [0.29, 0.717) is 5.92 Å². The van der Waals surface area contributed by atoms with Gasteiger partial charge < -0.3 is 14.7 Å². The zero-order valence-corrected chi connectivity index (χ0v) is 47.9. The predicted molar refractivity (Wildman–Crippen MR) is 329 cm³/mol. The van der Waals surface area contributed by atoms with E-state index < -0.39 is 0 Å². The van der Waals surface area contributed by atoms with Gasteiger partial charge in [-0.1, -0.05) is 211 Å². The number of hydrogen-bond donors (Lipinski definition) is 0. The largest absolute Gasteiger partial charge is 0.334 e. The monoisotopic (exact) mass is 996 g/mol. The summed E-state index contributed by atoms with van der Waals surface area (Å²) in [4.78, 5) is 8.12. The third kappa shape index (κ3) is 7.98. The molecule has 0 saturated heterocycles. The Bertz CT molecular complexity index is 3550. The zero-order valence-electron chi connectivity index (χ0n) is 47.9. The highest BCUT2D eigenvalue weighted by molar-refractivity contribution is 7.00. The van der Waals surface area contributed by atoms with Crippen molar-refractivity contribution < 1.29 is 0 Å². The van der Waals surface area contributed by atoms with Gasteiger partial charge >= 0.3 is 0 Å². The maximum atomic E-state index is 2.84. The number of nitrogens with zero attached hydrogens (tertiary/aromatic N) is 3. The Morgan fingerprint density at radius 3 is 1.55 bits per heavy atom. The highest BCUT2D eigenvalue weighted by Gasteiger charge is 2.61. The zero-order chi connectivity index (χ0) is 53.5. The van der Waals surface area contributed by atoms with Crippen molar-refractivity contribution in [2.45, 2.75) is 143 Å². The number of hydrogen-bond acceptors (Lipinski definition) is 3. The SMILES string of the molecule is CC(C)(C)c1ccc(N2c3ccc(C(C)(C)C)cc3B3c4ccc(-c5ccccc5)cc4N(c4cccc(-c5ccccc5)c4)c4cc(N5c6ccc(C(C)(C)C)cc6C6(C)CC(C(C)(C)C)CCC56C)cc2c43)cc1. The lowest BCUT2D eigenvalue weighted by atomic mass is 9.33. The van der Waals surface area contributed by atoms with Gasteiger partial charge in [0.2, 0.25) is 0 Å². The van der Waals surface area contributed by atoms with E-state index in [2.05, 4.69) is 288 Å². The first-order valence-corrected chi connectivity index (χ1v) is 28.3. The Kier molecular flexibility index (Phi) is 11.4. The molecule has 1 saturated carbocycles. The third-order valence-corrected chi connectivity index (χ3v) is 18.7. The van der Waals surface area contributed by atoms with Crippen molar-refractivity contribution in [2.24, 2.45) is 11.3 Å². The molecule has 0 N–H and O–H groups in total. The Balaban J connectivity index is 1.20. The second kappa shape index (κ2) is 17.4. The molecule has 384 valence electrons. The van der Waals surface area contributed by atoms with Gasteiger partial charge in [0, 0.05) is 50.9 Å². The van der Waals surface area contributed by atoms with Crippen LogP contribution in [0.1, 0.15) is 138 Å². The molecule has 3 atom stereocenters. The van der Waals surface area contributed by atoms with Gasteiger partial charge in [-0.3, -0.25) is 0 Å². The van der Waals surface area contributed by atoms with Gasteiger partial charge in [-0.25, -0.2) is 0 Å². The molecule has 76 heavy (non-hydrogen) atoms. The minimum atomic E-state index is -0.202. The summed E-state index contributed by atoms with van der Waals surface area (Å²) in [7, 11) is 0. The van der Waals surface area contributed by atoms with Crippen LogP contribution in [0.25, 0.3) is 22.3 Å². The highest BCUT2D eigenvalue weighted by atomic mass is 15.3. The Hall–Kier alpha value is -6.78. The predicted octanol–water partition coefficient (Wildman–Crippen LogP) is 18.0. The lowest BCUT2D eigenvalue weighted by Gasteiger charge is -2.55. The smallest absolute Gasteiger partial charge is 0.252 e. The van der Waals surface area contributed by atoms with E-state index in [1.54, 1.807) is 0 Å². The number of anilines is 8. The average Bonchev–Trinajstić information content (AvgIpc) is 3.72. The molecule has 4 heteroatoms. The lowest BCUT2D eigenvalue weighted by Crippen LogP contribution is -2.62. The fraction of sp³-hybridized carbons (Fsp3) is 0.333. The normalized spacial score (nSPS) is 19.9. The lowest BCUT2D eigenvalue weighted by molar-refractivity contribution is 0.0786. The molecular formula is C72H78BN3. The molecule has 3 nitrogen and oxygen atoms in total. The van der Waals surface area contributed by atoms with Crippen LogP contribution in [0.5, 0.6) is 0 Å². The molecule has 1 fully saturated rings. The molecule has 3 heterocycles. The first kappa shape index (κ1) is 50.1. The summed E-state index contributed by atoms with van der Waals surface area (Å²) in [6.07, 6.45) is 3.44. The third-order valence-electron chi connectivity index (χ3n) is 18.7. The average molecular weight is 996 g/mol. The van der Waals surface area contributed by atoms with Crippen LogP contribution < -0.4 is 31.1 Å². The fourth-order valence-corrected chi connectivity index (χ4v) is 13.9. The van der Waals surface area contributed by atoms with E-state index in [9.17, 15) is 0 Å². The Morgan fingerprint density at radius 1 is 0.421 bits per heavy atom. The van der Waals surface area contributed by atoms with E-state index in [-0.39, 0.29) is 39.3 Å². The van der Waals surface area contributed by atoms with Gasteiger partial charge in [-0.15, -0.1) is 0 Å². The summed E-state index contributed by atoms with van der Waals surface area (Å²) in [5.74, 6) is 0.603. The van der Waals surface area contributed by atoms with Crippen LogP contribution in [0.4, 0.5) is 45.5 Å². The van der Waals surface area contributed by atoms with E-state index in [4.69, 9.17) is 0 Å². The second-order valence-electron chi connectivity index (χ2n) is 27.6. The van der Waals surface area contributed by atoms with E-state index >= 15 is 0 Å². The topological polar surface area (TPSA) is 9.72 Å². The summed E-state index contributed by atoms with van der Waals surface area (Å²) in [6, 6.07) is 68.2. The second-order valence-corrected chi connectivity index (χ2v) is 27.6. The van der Waals surface area contributed by atoms with Crippen molar-refractivity contribution in [1.29, 1.82) is 0 Å². The van der Waals surface area contributed by atoms with Crippen LogP contribution in [-0.2, 0) is 21.7 Å². The van der Waals surface area contributed by atoms with Crippen LogP contribution in [0.3, 0.4) is 0 Å². The summed E-state index contributed by atoms with van der Waals surface area (Å²) >= 11 is 0. The van der Waals surface area contributed by atoms with Gasteiger partial charge in [-0.05, 0) is 169 Å². The molecule has 0 bridgehead atoms. The molecule has 8 aromatic rings. The van der Waals surface area contributed by atoms with E-state index in [1.165, 1.54) is 107 Å². The summed E-state index contributed by atoms with van der Waals surface area (Å²) in [5.41, 5.74) is 24.2. The standard InChI is InChI=1S/C72H78BN3/c1-67(2,3)51-29-33-55(34-30-51)74-62-37-32-53(69(7,8)9)43-60(62)73-59-35-28-50(48-24-19-16-20-25-48)41-63(59)75(56-27-21-26-49(40-56)47-22-17-15-18-23-47)65-45-57(44-64(74)66(65)73)76-61-36-31-52(68(4,5)6)42-58(61)71(13)46-54(70(10,11)12)38-39-72(71,76)14/h15-37,40-45,54H,38-39,46H2,1-14H3. The molecule has 0 spiro atoms. The van der Waals surface area contributed by atoms with E-state index in [1.807, 2.05) is 0 Å². The van der Waals surface area contributed by atoms with Crippen molar-refractivity contribution in [2.75, 3.05) is 14.7 Å². The van der Waals surface area contributed by atoms with Crippen LogP contribution in [0.15, 0.2) is 176 Å². The number of benzene rings is 8. The Labute approximate surface area is 456 Å². The van der Waals surface area contributed by atoms with Crippen LogP contribution in [0.2, 0.25) is 0 Å². The van der Waals surface area contributed by atoms with Crippen LogP contribution in [0, 0.1) is 11.3 Å². The molecule has 0 radical (unpaired) electrons. The maximum absolute atomic E-state index is 2.84. The fourth-order valence-electron chi connectivity index (χ4n) is 13.9. The van der Waals surface area contributed by atoms with Crippen molar-refractivity contribution >= 4 is 68.6 Å². The molecule has 12 rings (SSSR count). The first-order chi connectivity index (χ1) is 35.9. The van der Waals surface area contributed by atoms with Crippen molar-refractivity contribution in [3.63, 3.8) is 0 Å². The van der Waals surface area contributed by atoms with E-state index in [0.717, 1.165) is 18.5 Å². The van der Waals surface area contributed by atoms with Crippen LogP contribution >= 0.6 is 0 Å². The van der Waals surface area contributed by atoms with Crippen molar-refractivity contribution in [3.05, 3.63) is 198 Å². The minimum Gasteiger partial charge on any atom is -0.334 e. The molecule has 8 aromatic carbocycles. The van der Waals surface area contributed by atoms with Gasteiger partial charge in [0.05, 0.1) is 5.54 Å². The minimum absolute atomic E-state index is 0.0162. The first-order valence-electron chi connectivity index (χ1n) is 28.3. The van der Waals surface area contributed by atoms with Gasteiger partial charge in [0.15, 0.2) is 0 Å². The molecular weight excluding hydrogens is 918 g/mol. The van der Waals surface area contributed by atoms with Crippen molar-refractivity contribution in [1.82, 2.24) is 0 Å². The number of rotatable bonds is 5. The molecule has 3 aliphatic heterocycles. The molecule has 4 aliphatic rings. The van der Waals surface area contributed by atoms with Gasteiger partial charge in [0.25, 0.3) is 6.71 Å². The van der Waals surface area contributed by atoms with Crippen LogP contribution in [-0.4, -0.2) is 12.3 Å². The quantitative estimate of drug-likeness (QED) is 0.159. The van der Waals surface area contributed by atoms with Crippen molar-refractivity contribution in [3.8, 4) is 22.3 Å². The molecule has 1 aliphatic carbocycles. The van der Waals surface area contributed by atoms with Gasteiger partial charge in [-0.2, -0.15) is 0 Å². The summed E-state index contributed by atoms with van der Waals surface area (Å²) < 4.78 is 0. The summed E-state index contributed by atoms with van der Waals surface area (Å²) in [6.45, 7) is 33.8. The number of fused-ring (bicyclic) bond motifs is 7. The summed E-state index contributed by atoms with van der Waals surface area (Å²) in [5, 5.41) is 0. The molecule has 0 amide bonds. The Morgan fingerprint density at radius 2 is 0.961 bits per heavy atom. The highest BCUT2D eigenvalue weighted by Crippen LogP contribution is 2.64. The maximum Gasteiger partial charge on any atom is 0.252 e.